The lowest BCUT2D eigenvalue weighted by atomic mass is 9.80. The van der Waals surface area contributed by atoms with E-state index in [0.717, 1.165) is 56.5 Å². The fraction of sp³-hybridized carbons (Fsp3) is 0.576. The molecule has 42 heavy (non-hydrogen) atoms. The maximum absolute atomic E-state index is 13.3. The van der Waals surface area contributed by atoms with E-state index in [1.807, 2.05) is 12.1 Å². The lowest BCUT2D eigenvalue weighted by molar-refractivity contribution is -0.140. The Morgan fingerprint density at radius 3 is 2.50 bits per heavy atom. The molecule has 2 aromatic rings. The van der Waals surface area contributed by atoms with Gasteiger partial charge < -0.3 is 19.3 Å². The Labute approximate surface area is 247 Å². The van der Waals surface area contributed by atoms with Crippen molar-refractivity contribution in [3.8, 4) is 5.75 Å². The molecule has 0 N–H and O–H groups in total. The Morgan fingerprint density at radius 2 is 1.81 bits per heavy atom. The first-order valence-corrected chi connectivity index (χ1v) is 15.2. The van der Waals surface area contributed by atoms with E-state index in [2.05, 4.69) is 31.7 Å². The molecule has 230 valence electrons. The Morgan fingerprint density at radius 1 is 1.05 bits per heavy atom. The van der Waals surface area contributed by atoms with Crippen molar-refractivity contribution in [2.24, 2.45) is 11.8 Å². The number of ether oxygens (including phenoxy) is 2. The maximum atomic E-state index is 13.3. The lowest BCUT2D eigenvalue weighted by Crippen LogP contribution is -2.44. The number of alkyl halides is 3. The van der Waals surface area contributed by atoms with Crippen molar-refractivity contribution in [3.63, 3.8) is 0 Å². The van der Waals surface area contributed by atoms with Crippen LogP contribution in [0.15, 0.2) is 42.5 Å². The molecule has 0 spiro atoms. The first-order valence-electron chi connectivity index (χ1n) is 15.2. The van der Waals surface area contributed by atoms with Crippen LogP contribution in [0, 0.1) is 11.8 Å². The molecular weight excluding hydrogens is 545 g/mol. The predicted octanol–water partition coefficient (Wildman–Crippen LogP) is 7.27. The minimum atomic E-state index is -4.44. The monoisotopic (exact) mass is 588 g/mol. The third kappa shape index (κ3) is 7.46. The maximum Gasteiger partial charge on any atom is 0.416 e. The van der Waals surface area contributed by atoms with E-state index in [1.165, 1.54) is 12.5 Å². The zero-order chi connectivity index (χ0) is 30.4. The van der Waals surface area contributed by atoms with Gasteiger partial charge in [-0.25, -0.2) is 4.79 Å². The molecule has 3 aliphatic rings. The Bertz CT molecular complexity index is 1230. The molecule has 2 aliphatic heterocycles. The number of benzene rings is 2. The molecule has 3 unspecified atom stereocenters. The molecule has 2 aromatic carbocycles. The zero-order valence-electron chi connectivity index (χ0n) is 25.1. The van der Waals surface area contributed by atoms with E-state index in [4.69, 9.17) is 9.47 Å². The Balaban J connectivity index is 0.00000129. The highest BCUT2D eigenvalue weighted by molar-refractivity contribution is 5.89. The van der Waals surface area contributed by atoms with Gasteiger partial charge in [0.05, 0.1) is 24.3 Å². The molecule has 1 saturated heterocycles. The van der Waals surface area contributed by atoms with Gasteiger partial charge in [-0.05, 0) is 86.9 Å². The zero-order valence-corrected chi connectivity index (χ0v) is 25.1. The molecule has 1 amide bonds. The van der Waals surface area contributed by atoms with E-state index in [0.29, 0.717) is 41.4 Å². The molecule has 2 heterocycles. The summed E-state index contributed by atoms with van der Waals surface area (Å²) in [7, 11) is 0. The lowest BCUT2D eigenvalue weighted by Gasteiger charge is -2.40. The molecule has 1 saturated carbocycles. The summed E-state index contributed by atoms with van der Waals surface area (Å²) in [6.07, 6.45) is 0.233. The average Bonchev–Trinajstić information content (AvgIpc) is 3.47. The first-order chi connectivity index (χ1) is 20.0. The quantitative estimate of drug-likeness (QED) is 0.344. The second-order valence-corrected chi connectivity index (χ2v) is 11.7. The first kappa shape index (κ1) is 31.9. The van der Waals surface area contributed by atoms with Crippen molar-refractivity contribution >= 4 is 11.9 Å². The minimum Gasteiger partial charge on any atom is -0.473 e. The van der Waals surface area contributed by atoms with E-state index in [9.17, 15) is 22.8 Å². The van der Waals surface area contributed by atoms with Gasteiger partial charge in [0.1, 0.15) is 5.75 Å². The van der Waals surface area contributed by atoms with Crippen LogP contribution in [0.25, 0.3) is 0 Å². The van der Waals surface area contributed by atoms with Crippen molar-refractivity contribution in [1.29, 1.82) is 0 Å². The average molecular weight is 589 g/mol. The van der Waals surface area contributed by atoms with Crippen LogP contribution in [0.2, 0.25) is 0 Å². The fourth-order valence-electron chi connectivity index (χ4n) is 6.45. The number of carbonyl (C=O) groups excluding carboxylic acids is 2. The van der Waals surface area contributed by atoms with Crippen molar-refractivity contribution < 1.29 is 32.2 Å². The van der Waals surface area contributed by atoms with Gasteiger partial charge >= 0.3 is 12.1 Å². The molecule has 6 nitrogen and oxygen atoms in total. The molecule has 4 atom stereocenters. The van der Waals surface area contributed by atoms with E-state index >= 15 is 0 Å². The highest BCUT2D eigenvalue weighted by Gasteiger charge is 2.39. The van der Waals surface area contributed by atoms with Crippen LogP contribution in [-0.2, 0) is 22.3 Å². The number of carbonyl (C=O) groups is 2. The van der Waals surface area contributed by atoms with Gasteiger partial charge in [0.15, 0.2) is 6.73 Å². The third-order valence-corrected chi connectivity index (χ3v) is 8.47. The topological polar surface area (TPSA) is 59.1 Å². The van der Waals surface area contributed by atoms with Gasteiger partial charge in [0.2, 0.25) is 5.91 Å². The number of rotatable bonds is 5. The normalized spacial score (nSPS) is 24.2. The third-order valence-electron chi connectivity index (χ3n) is 8.47. The largest absolute Gasteiger partial charge is 0.473 e. The summed E-state index contributed by atoms with van der Waals surface area (Å²) in [5.41, 5.74) is 1.40. The van der Waals surface area contributed by atoms with Gasteiger partial charge in [0.25, 0.3) is 0 Å². The van der Waals surface area contributed by atoms with E-state index in [-0.39, 0.29) is 31.1 Å². The van der Waals surface area contributed by atoms with Crippen molar-refractivity contribution in [2.75, 3.05) is 26.4 Å². The van der Waals surface area contributed by atoms with E-state index < -0.39 is 11.7 Å². The highest BCUT2D eigenvalue weighted by Crippen LogP contribution is 2.39. The van der Waals surface area contributed by atoms with Crippen LogP contribution in [0.1, 0.15) is 92.8 Å². The summed E-state index contributed by atoms with van der Waals surface area (Å²) < 4.78 is 50.3. The molecule has 9 heteroatoms. The molecule has 5 rings (SSSR count). The minimum absolute atomic E-state index is 0.0423. The number of hydrogen-bond donors (Lipinski definition) is 0. The van der Waals surface area contributed by atoms with E-state index in [1.54, 1.807) is 17.9 Å². The number of hydrogen-bond acceptors (Lipinski definition) is 5. The van der Waals surface area contributed by atoms with Crippen LogP contribution in [0.3, 0.4) is 0 Å². The van der Waals surface area contributed by atoms with Crippen LogP contribution in [0.4, 0.5) is 13.2 Å². The molecule has 1 aliphatic carbocycles. The summed E-state index contributed by atoms with van der Waals surface area (Å²) in [6.45, 7) is 10.7. The van der Waals surface area contributed by atoms with Gasteiger partial charge in [-0.15, -0.1) is 0 Å². The summed E-state index contributed by atoms with van der Waals surface area (Å²) in [6, 6.07) is 11.5. The molecule has 0 aromatic heterocycles. The number of halogens is 3. The number of fused-ring (bicyclic) bond motifs is 1. The summed E-state index contributed by atoms with van der Waals surface area (Å²) >= 11 is 0. The number of amides is 1. The van der Waals surface area contributed by atoms with Crippen molar-refractivity contribution in [1.82, 2.24) is 9.80 Å². The summed E-state index contributed by atoms with van der Waals surface area (Å²) in [4.78, 5) is 29.5. The van der Waals surface area contributed by atoms with Gasteiger partial charge in [0, 0.05) is 24.1 Å². The smallest absolute Gasteiger partial charge is 0.416 e. The highest BCUT2D eigenvalue weighted by atomic mass is 19.4. The number of likely N-dealkylation sites (tertiary alicyclic amines) is 1. The Hall–Kier alpha value is -3.07. The van der Waals surface area contributed by atoms with Crippen LogP contribution < -0.4 is 4.74 Å². The molecule has 0 radical (unpaired) electrons. The Kier molecular flexibility index (Phi) is 10.6. The predicted molar refractivity (Wildman–Crippen MR) is 155 cm³/mol. The summed E-state index contributed by atoms with van der Waals surface area (Å²) in [5, 5.41) is 0. The van der Waals surface area contributed by atoms with Gasteiger partial charge in [-0.3, -0.25) is 4.79 Å². The van der Waals surface area contributed by atoms with Crippen LogP contribution >= 0.6 is 0 Å². The summed E-state index contributed by atoms with van der Waals surface area (Å²) in [5.74, 6) is 0.650. The fourth-order valence-corrected chi connectivity index (χ4v) is 6.45. The molecule has 2 fully saturated rings. The second kappa shape index (κ2) is 13.9. The van der Waals surface area contributed by atoms with Gasteiger partial charge in [-0.1, -0.05) is 39.3 Å². The standard InChI is InChI=1S/C30H35F3N2O4.C3H8/c1-3-38-29(37)22-6-4-5-20(13-22)26-11-12-34(16-19(26)2)25-9-7-21(15-25)28(36)35-17-23-14-24(30(31,32)33)8-10-27(23)39-18-35;1-3-2/h4-6,8,10,13-14,19,21,25-26H,3,7,9,11-12,15-18H2,1-2H3;3H2,1-2H3/t19-,21?,25?,26?;/m1./s1. The second-order valence-electron chi connectivity index (χ2n) is 11.7. The van der Waals surface area contributed by atoms with Crippen molar-refractivity contribution in [2.45, 2.75) is 84.5 Å². The number of piperidine rings is 1. The number of esters is 1. The molecule has 0 bridgehead atoms. The van der Waals surface area contributed by atoms with Crippen LogP contribution in [-0.4, -0.2) is 54.1 Å². The van der Waals surface area contributed by atoms with Gasteiger partial charge in [-0.2, -0.15) is 13.2 Å². The van der Waals surface area contributed by atoms with Crippen LogP contribution in [0.5, 0.6) is 5.75 Å². The van der Waals surface area contributed by atoms with Crippen molar-refractivity contribution in [3.05, 3.63) is 64.7 Å². The molecular formula is C33H43F3N2O4. The number of nitrogens with zero attached hydrogens (tertiary/aromatic N) is 2. The SMILES string of the molecule is CCC.CCOC(=O)c1cccc(C2CCN(C3CCC(C(=O)N4COc5ccc(C(F)(F)F)cc5C4)C3)C[C@H]2C)c1.